The van der Waals surface area contributed by atoms with E-state index in [9.17, 15) is 4.79 Å². The molecule has 7 heteroatoms. The van der Waals surface area contributed by atoms with Gasteiger partial charge in [-0.3, -0.25) is 4.79 Å². The largest absolute Gasteiger partial charge is 0.497 e. The van der Waals surface area contributed by atoms with E-state index in [0.717, 1.165) is 19.4 Å². The second kappa shape index (κ2) is 7.83. The minimum Gasteiger partial charge on any atom is -0.497 e. The van der Waals surface area contributed by atoms with Crippen LogP contribution >= 0.6 is 0 Å². The minimum atomic E-state index is -0.131. The number of nitrogens with one attached hydrogen (secondary N) is 1. The van der Waals surface area contributed by atoms with Gasteiger partial charge in [-0.25, -0.2) is 9.97 Å². The van der Waals surface area contributed by atoms with Crippen LogP contribution in [-0.4, -0.2) is 43.2 Å². The monoisotopic (exact) mass is 342 g/mol. The first-order valence-electron chi connectivity index (χ1n) is 8.26. The molecule has 0 saturated carbocycles. The summed E-state index contributed by atoms with van der Waals surface area (Å²) < 4.78 is 10.5. The number of anilines is 2. The Bertz CT molecular complexity index is 724. The molecule has 0 unspecified atom stereocenters. The molecule has 0 bridgehead atoms. The van der Waals surface area contributed by atoms with Crippen molar-refractivity contribution in [3.05, 3.63) is 36.7 Å². The summed E-state index contributed by atoms with van der Waals surface area (Å²) in [6.07, 6.45) is 5.19. The number of ether oxygens (including phenoxy) is 2. The van der Waals surface area contributed by atoms with Crippen molar-refractivity contribution in [1.29, 1.82) is 0 Å². The van der Waals surface area contributed by atoms with Gasteiger partial charge in [-0.1, -0.05) is 0 Å². The first kappa shape index (κ1) is 17.0. The van der Waals surface area contributed by atoms with Gasteiger partial charge in [-0.2, -0.15) is 0 Å². The lowest BCUT2D eigenvalue weighted by Crippen LogP contribution is -2.41. The molecule has 1 aliphatic rings. The first-order chi connectivity index (χ1) is 12.2. The van der Waals surface area contributed by atoms with Crippen molar-refractivity contribution < 1.29 is 14.3 Å². The highest BCUT2D eigenvalue weighted by Gasteiger charge is 2.27. The average Bonchev–Trinajstić information content (AvgIpc) is 2.68. The van der Waals surface area contributed by atoms with Crippen LogP contribution in [0.1, 0.15) is 12.8 Å². The summed E-state index contributed by atoms with van der Waals surface area (Å²) in [4.78, 5) is 23.3. The van der Waals surface area contributed by atoms with Crippen LogP contribution in [0.2, 0.25) is 0 Å². The van der Waals surface area contributed by atoms with E-state index in [-0.39, 0.29) is 11.8 Å². The molecule has 1 fully saturated rings. The Morgan fingerprint density at radius 3 is 2.76 bits per heavy atom. The van der Waals surface area contributed by atoms with Crippen LogP contribution in [0.25, 0.3) is 0 Å². The number of hydrogen-bond donors (Lipinski definition) is 1. The summed E-state index contributed by atoms with van der Waals surface area (Å²) in [5.41, 5.74) is 0.611. The zero-order valence-electron chi connectivity index (χ0n) is 14.4. The highest BCUT2D eigenvalue weighted by molar-refractivity contribution is 5.94. The lowest BCUT2D eigenvalue weighted by atomic mass is 9.97. The summed E-state index contributed by atoms with van der Waals surface area (Å²) in [6, 6.07) is 7.12. The first-order valence-corrected chi connectivity index (χ1v) is 8.26. The number of carbonyl (C=O) groups is 1. The number of piperidine rings is 1. The molecule has 7 nitrogen and oxygen atoms in total. The number of methoxy groups -OCH3 is 2. The molecular weight excluding hydrogens is 320 g/mol. The second-order valence-electron chi connectivity index (χ2n) is 5.89. The molecule has 2 aromatic rings. The highest BCUT2D eigenvalue weighted by atomic mass is 16.5. The van der Waals surface area contributed by atoms with Gasteiger partial charge >= 0.3 is 0 Å². The van der Waals surface area contributed by atoms with Crippen LogP contribution in [0.3, 0.4) is 0 Å². The summed E-state index contributed by atoms with van der Waals surface area (Å²) in [5, 5.41) is 2.97. The van der Waals surface area contributed by atoms with Gasteiger partial charge in [0.15, 0.2) is 0 Å². The molecule has 1 atom stereocenters. The van der Waals surface area contributed by atoms with E-state index in [0.29, 0.717) is 29.7 Å². The Kier molecular flexibility index (Phi) is 5.33. The third-order valence-electron chi connectivity index (χ3n) is 4.29. The zero-order chi connectivity index (χ0) is 17.6. The number of rotatable bonds is 5. The molecule has 132 valence electrons. The van der Waals surface area contributed by atoms with Gasteiger partial charge in [0.05, 0.1) is 25.8 Å². The number of benzene rings is 1. The molecule has 1 aromatic heterocycles. The Morgan fingerprint density at radius 1 is 1.24 bits per heavy atom. The number of nitrogens with zero attached hydrogens (tertiary/aromatic N) is 3. The van der Waals surface area contributed by atoms with Crippen molar-refractivity contribution in [2.45, 2.75) is 12.8 Å². The van der Waals surface area contributed by atoms with Gasteiger partial charge in [0.25, 0.3) is 0 Å². The molecule has 3 rings (SSSR count). The van der Waals surface area contributed by atoms with Gasteiger partial charge in [0.1, 0.15) is 11.5 Å². The lowest BCUT2D eigenvalue weighted by molar-refractivity contribution is -0.120. The molecule has 0 radical (unpaired) electrons. The maximum atomic E-state index is 12.7. The van der Waals surface area contributed by atoms with Crippen molar-refractivity contribution in [2.24, 2.45) is 5.92 Å². The van der Waals surface area contributed by atoms with E-state index < -0.39 is 0 Å². The van der Waals surface area contributed by atoms with Crippen LogP contribution in [0.4, 0.5) is 11.6 Å². The predicted molar refractivity (Wildman–Crippen MR) is 95.1 cm³/mol. The minimum absolute atomic E-state index is 0.0350. The Labute approximate surface area is 147 Å². The van der Waals surface area contributed by atoms with Crippen molar-refractivity contribution in [1.82, 2.24) is 9.97 Å². The maximum Gasteiger partial charge on any atom is 0.229 e. The molecular formula is C18H22N4O3. The van der Waals surface area contributed by atoms with Crippen molar-refractivity contribution >= 4 is 17.5 Å². The normalized spacial score (nSPS) is 17.0. The maximum absolute atomic E-state index is 12.7. The SMILES string of the molecule is COc1ccc(OC)c(NC(=O)[C@@H]2CCCN(c3ncccn3)C2)c1. The quantitative estimate of drug-likeness (QED) is 0.899. The zero-order valence-corrected chi connectivity index (χ0v) is 14.4. The highest BCUT2D eigenvalue weighted by Crippen LogP contribution is 2.30. The van der Waals surface area contributed by atoms with Crippen molar-refractivity contribution in [3.8, 4) is 11.5 Å². The van der Waals surface area contributed by atoms with Crippen LogP contribution < -0.4 is 19.7 Å². The number of hydrogen-bond acceptors (Lipinski definition) is 6. The molecule has 1 saturated heterocycles. The average molecular weight is 342 g/mol. The number of aromatic nitrogens is 2. The molecule has 0 aliphatic carbocycles. The summed E-state index contributed by atoms with van der Waals surface area (Å²) in [6.45, 7) is 1.46. The molecule has 1 aliphatic heterocycles. The molecule has 25 heavy (non-hydrogen) atoms. The standard InChI is InChI=1S/C18H22N4O3/c1-24-14-6-7-16(25-2)15(11-14)21-17(23)13-5-3-10-22(12-13)18-19-8-4-9-20-18/h4,6-9,11,13H,3,5,10,12H2,1-2H3,(H,21,23)/t13-/m1/s1. The van der Waals surface area contributed by atoms with E-state index in [2.05, 4.69) is 20.2 Å². The van der Waals surface area contributed by atoms with Crippen molar-refractivity contribution in [3.63, 3.8) is 0 Å². The fourth-order valence-corrected chi connectivity index (χ4v) is 2.97. The van der Waals surface area contributed by atoms with Gasteiger partial charge in [0.2, 0.25) is 11.9 Å². The van der Waals surface area contributed by atoms with E-state index in [1.807, 2.05) is 0 Å². The molecule has 1 N–H and O–H groups in total. The third-order valence-corrected chi connectivity index (χ3v) is 4.29. The molecule has 1 aromatic carbocycles. The fourth-order valence-electron chi connectivity index (χ4n) is 2.97. The van der Waals surface area contributed by atoms with Gasteiger partial charge in [-0.15, -0.1) is 0 Å². The van der Waals surface area contributed by atoms with E-state index >= 15 is 0 Å². The van der Waals surface area contributed by atoms with Crippen LogP contribution in [0.5, 0.6) is 11.5 Å². The Balaban J connectivity index is 1.71. The van der Waals surface area contributed by atoms with E-state index in [4.69, 9.17) is 9.47 Å². The lowest BCUT2D eigenvalue weighted by Gasteiger charge is -2.32. The molecule has 1 amide bonds. The summed E-state index contributed by atoms with van der Waals surface area (Å²) in [5.74, 6) is 1.77. The predicted octanol–water partition coefficient (Wildman–Crippen LogP) is 2.35. The number of amides is 1. The third kappa shape index (κ3) is 3.99. The second-order valence-corrected chi connectivity index (χ2v) is 5.89. The summed E-state index contributed by atoms with van der Waals surface area (Å²) >= 11 is 0. The van der Waals surface area contributed by atoms with Gasteiger partial charge in [0, 0.05) is 31.5 Å². The van der Waals surface area contributed by atoms with Crippen molar-refractivity contribution in [2.75, 3.05) is 37.5 Å². The van der Waals surface area contributed by atoms with Crippen LogP contribution in [0.15, 0.2) is 36.7 Å². The van der Waals surface area contributed by atoms with Crippen LogP contribution in [-0.2, 0) is 4.79 Å². The topological polar surface area (TPSA) is 76.6 Å². The van der Waals surface area contributed by atoms with E-state index in [1.54, 1.807) is 50.9 Å². The Hall–Kier alpha value is -2.83. The van der Waals surface area contributed by atoms with Gasteiger partial charge < -0.3 is 19.7 Å². The molecule has 0 spiro atoms. The fraction of sp³-hybridized carbons (Fsp3) is 0.389. The Morgan fingerprint density at radius 2 is 2.04 bits per heavy atom. The molecule has 2 heterocycles. The smallest absolute Gasteiger partial charge is 0.229 e. The number of carbonyl (C=O) groups excluding carboxylic acids is 1. The van der Waals surface area contributed by atoms with Crippen LogP contribution in [0, 0.1) is 5.92 Å². The summed E-state index contributed by atoms with van der Waals surface area (Å²) in [7, 11) is 3.17. The van der Waals surface area contributed by atoms with E-state index in [1.165, 1.54) is 0 Å². The van der Waals surface area contributed by atoms with Gasteiger partial charge in [-0.05, 0) is 31.0 Å².